The highest BCUT2D eigenvalue weighted by molar-refractivity contribution is 7.98. The number of likely N-dealkylation sites (N-methyl/N-ethyl adjacent to an activating group) is 1. The molecule has 0 radical (unpaired) electrons. The molecule has 0 aliphatic carbocycles. The lowest BCUT2D eigenvalue weighted by Crippen LogP contribution is -2.35. The van der Waals surface area contributed by atoms with Gasteiger partial charge in [0.1, 0.15) is 0 Å². The fourth-order valence-electron chi connectivity index (χ4n) is 3.03. The van der Waals surface area contributed by atoms with Crippen LogP contribution in [0.3, 0.4) is 0 Å². The van der Waals surface area contributed by atoms with Gasteiger partial charge in [0.05, 0.1) is 16.4 Å². The Morgan fingerprint density at radius 2 is 1.75 bits per heavy atom. The smallest absolute Gasteiger partial charge is 0.283 e. The number of nitro groups is 1. The van der Waals surface area contributed by atoms with Crippen molar-refractivity contribution in [1.29, 1.82) is 0 Å². The van der Waals surface area contributed by atoms with Crippen molar-refractivity contribution >= 4 is 35.0 Å². The zero-order valence-electron chi connectivity index (χ0n) is 16.5. The highest BCUT2D eigenvalue weighted by Crippen LogP contribution is 2.28. The van der Waals surface area contributed by atoms with Crippen LogP contribution in [0.4, 0.5) is 11.4 Å². The number of aryl methyl sites for hydroxylation is 3. The van der Waals surface area contributed by atoms with Crippen LogP contribution in [0, 0.1) is 30.9 Å². The molecule has 7 nitrogen and oxygen atoms in total. The molecule has 28 heavy (non-hydrogen) atoms. The van der Waals surface area contributed by atoms with Gasteiger partial charge < -0.3 is 10.2 Å². The second kappa shape index (κ2) is 8.88. The molecule has 148 valence electrons. The summed E-state index contributed by atoms with van der Waals surface area (Å²) in [7, 11) is 1.49. The number of nitrogens with zero attached hydrogens (tertiary/aromatic N) is 2. The van der Waals surface area contributed by atoms with Gasteiger partial charge in [0.25, 0.3) is 11.6 Å². The number of amides is 2. The van der Waals surface area contributed by atoms with Crippen LogP contribution in [0.5, 0.6) is 0 Å². The average Bonchev–Trinajstić information content (AvgIpc) is 2.63. The van der Waals surface area contributed by atoms with E-state index in [2.05, 4.69) is 5.32 Å². The Balaban J connectivity index is 2.13. The van der Waals surface area contributed by atoms with Crippen LogP contribution in [-0.2, 0) is 4.79 Å². The molecule has 0 heterocycles. The molecule has 2 aromatic rings. The van der Waals surface area contributed by atoms with Gasteiger partial charge in [0, 0.05) is 24.4 Å². The fourth-order valence-corrected chi connectivity index (χ4v) is 3.58. The summed E-state index contributed by atoms with van der Waals surface area (Å²) in [5.41, 5.74) is 3.78. The van der Waals surface area contributed by atoms with Crippen LogP contribution < -0.4 is 5.32 Å². The molecule has 0 atom stereocenters. The monoisotopic (exact) mass is 401 g/mol. The molecule has 0 saturated heterocycles. The first-order valence-corrected chi connectivity index (χ1v) is 9.82. The summed E-state index contributed by atoms with van der Waals surface area (Å²) in [4.78, 5) is 37.4. The van der Waals surface area contributed by atoms with Crippen molar-refractivity contribution in [3.05, 3.63) is 62.7 Å². The van der Waals surface area contributed by atoms with Crippen LogP contribution in [0.15, 0.2) is 35.2 Å². The molecule has 0 aliphatic rings. The SMILES string of the molecule is CSc1ccc(C(=O)N(C)CC(=O)Nc2c(C)cc(C)cc2C)cc1[N+](=O)[O-]. The number of hydrogen-bond donors (Lipinski definition) is 1. The minimum absolute atomic E-state index is 0.123. The lowest BCUT2D eigenvalue weighted by Gasteiger charge is -2.18. The number of nitro benzene ring substituents is 1. The Morgan fingerprint density at radius 1 is 1.14 bits per heavy atom. The molecule has 0 spiro atoms. The lowest BCUT2D eigenvalue weighted by molar-refractivity contribution is -0.387. The minimum atomic E-state index is -0.516. The topological polar surface area (TPSA) is 92.6 Å². The molecule has 2 rings (SSSR count). The molecular formula is C20H23N3O4S. The maximum Gasteiger partial charge on any atom is 0.283 e. The van der Waals surface area contributed by atoms with Crippen molar-refractivity contribution < 1.29 is 14.5 Å². The van der Waals surface area contributed by atoms with Crippen LogP contribution in [0.1, 0.15) is 27.0 Å². The summed E-state index contributed by atoms with van der Waals surface area (Å²) in [6, 6.07) is 8.28. The van der Waals surface area contributed by atoms with E-state index < -0.39 is 10.8 Å². The van der Waals surface area contributed by atoms with Crippen LogP contribution in [0.25, 0.3) is 0 Å². The van der Waals surface area contributed by atoms with E-state index in [1.165, 1.54) is 35.8 Å². The maximum atomic E-state index is 12.6. The van der Waals surface area contributed by atoms with Crippen molar-refractivity contribution in [3.63, 3.8) is 0 Å². The summed E-state index contributed by atoms with van der Waals surface area (Å²) in [6.45, 7) is 5.65. The van der Waals surface area contributed by atoms with E-state index in [0.717, 1.165) is 22.4 Å². The standard InChI is InChI=1S/C20H23N3O4S/c1-12-8-13(2)19(14(3)9-12)21-18(24)11-22(4)20(25)15-6-7-17(28-5)16(10-15)23(26)27/h6-10H,11H2,1-5H3,(H,21,24). The van der Waals surface area contributed by atoms with Crippen LogP contribution in [-0.4, -0.2) is 41.5 Å². The number of benzene rings is 2. The van der Waals surface area contributed by atoms with Crippen molar-refractivity contribution in [2.45, 2.75) is 25.7 Å². The Morgan fingerprint density at radius 3 is 2.29 bits per heavy atom. The Labute approximate surface area is 168 Å². The highest BCUT2D eigenvalue weighted by atomic mass is 32.2. The number of rotatable bonds is 6. The molecule has 0 aliphatic heterocycles. The van der Waals surface area contributed by atoms with Gasteiger partial charge in [-0.2, -0.15) is 0 Å². The number of hydrogen-bond acceptors (Lipinski definition) is 5. The van der Waals surface area contributed by atoms with E-state index in [0.29, 0.717) is 4.90 Å². The predicted molar refractivity (Wildman–Crippen MR) is 111 cm³/mol. The average molecular weight is 401 g/mol. The van der Waals surface area contributed by atoms with Crippen molar-refractivity contribution in [1.82, 2.24) is 4.90 Å². The Kier molecular flexibility index (Phi) is 6.80. The third-order valence-electron chi connectivity index (χ3n) is 4.29. The highest BCUT2D eigenvalue weighted by Gasteiger charge is 2.21. The van der Waals surface area contributed by atoms with E-state index in [9.17, 15) is 19.7 Å². The third kappa shape index (κ3) is 4.89. The summed E-state index contributed by atoms with van der Waals surface area (Å²) in [5, 5.41) is 14.0. The van der Waals surface area contributed by atoms with Gasteiger partial charge in [-0.05, 0) is 50.3 Å². The van der Waals surface area contributed by atoms with Gasteiger partial charge in [-0.25, -0.2) is 0 Å². The number of nitrogens with one attached hydrogen (secondary N) is 1. The van der Waals surface area contributed by atoms with E-state index >= 15 is 0 Å². The van der Waals surface area contributed by atoms with E-state index in [1.807, 2.05) is 32.9 Å². The zero-order chi connectivity index (χ0) is 21.0. The second-order valence-corrected chi connectivity index (χ2v) is 7.47. The first-order valence-electron chi connectivity index (χ1n) is 8.59. The van der Waals surface area contributed by atoms with Gasteiger partial charge in [-0.3, -0.25) is 19.7 Å². The van der Waals surface area contributed by atoms with Gasteiger partial charge >= 0.3 is 0 Å². The van der Waals surface area contributed by atoms with E-state index in [4.69, 9.17) is 0 Å². The molecule has 0 unspecified atom stereocenters. The first-order chi connectivity index (χ1) is 13.1. The molecule has 2 amide bonds. The third-order valence-corrected chi connectivity index (χ3v) is 5.08. The number of thioether (sulfide) groups is 1. The molecular weight excluding hydrogens is 378 g/mol. The predicted octanol–water partition coefficient (Wildman–Crippen LogP) is 3.95. The molecule has 0 saturated carbocycles. The number of carbonyl (C=O) groups is 2. The molecule has 0 aromatic heterocycles. The number of carbonyl (C=O) groups excluding carboxylic acids is 2. The zero-order valence-corrected chi connectivity index (χ0v) is 17.3. The lowest BCUT2D eigenvalue weighted by atomic mass is 10.1. The van der Waals surface area contributed by atoms with Gasteiger partial charge in [0.15, 0.2) is 0 Å². The summed E-state index contributed by atoms with van der Waals surface area (Å²) >= 11 is 1.24. The van der Waals surface area contributed by atoms with Gasteiger partial charge in [-0.15, -0.1) is 11.8 Å². The quantitative estimate of drug-likeness (QED) is 0.449. The van der Waals surface area contributed by atoms with E-state index in [-0.39, 0.29) is 23.7 Å². The van der Waals surface area contributed by atoms with Gasteiger partial charge in [0.2, 0.25) is 5.91 Å². The van der Waals surface area contributed by atoms with E-state index in [1.54, 1.807) is 12.3 Å². The second-order valence-electron chi connectivity index (χ2n) is 6.63. The maximum absolute atomic E-state index is 12.6. The van der Waals surface area contributed by atoms with Crippen molar-refractivity contribution in [3.8, 4) is 0 Å². The molecule has 1 N–H and O–H groups in total. The van der Waals surface area contributed by atoms with Crippen LogP contribution >= 0.6 is 11.8 Å². The van der Waals surface area contributed by atoms with Crippen molar-refractivity contribution in [2.75, 3.05) is 25.2 Å². The fraction of sp³-hybridized carbons (Fsp3) is 0.300. The van der Waals surface area contributed by atoms with Crippen LogP contribution in [0.2, 0.25) is 0 Å². The van der Waals surface area contributed by atoms with Gasteiger partial charge in [-0.1, -0.05) is 17.7 Å². The Hall–Kier alpha value is -2.87. The summed E-state index contributed by atoms with van der Waals surface area (Å²) < 4.78 is 0. The summed E-state index contributed by atoms with van der Waals surface area (Å²) in [6.07, 6.45) is 1.73. The number of anilines is 1. The molecule has 0 fully saturated rings. The first kappa shape index (κ1) is 21.4. The summed E-state index contributed by atoms with van der Waals surface area (Å²) in [5.74, 6) is -0.788. The Bertz CT molecular complexity index is 920. The molecule has 0 bridgehead atoms. The molecule has 8 heteroatoms. The largest absolute Gasteiger partial charge is 0.332 e. The minimum Gasteiger partial charge on any atom is -0.332 e. The van der Waals surface area contributed by atoms with Crippen molar-refractivity contribution in [2.24, 2.45) is 0 Å². The molecule has 2 aromatic carbocycles. The normalized spacial score (nSPS) is 10.5.